The minimum absolute atomic E-state index is 0.288. The Morgan fingerprint density at radius 3 is 3.11 bits per heavy atom. The van der Waals surface area contributed by atoms with Crippen molar-refractivity contribution in [3.8, 4) is 5.75 Å². The molecule has 1 atom stereocenters. The molecule has 1 saturated heterocycles. The highest BCUT2D eigenvalue weighted by Crippen LogP contribution is 2.31. The number of anilines is 1. The van der Waals surface area contributed by atoms with Crippen molar-refractivity contribution in [2.24, 2.45) is 0 Å². The molecular formula is C13H20N2O2S. The molecule has 1 unspecified atom stereocenters. The van der Waals surface area contributed by atoms with Crippen LogP contribution in [0, 0.1) is 0 Å². The Morgan fingerprint density at radius 2 is 2.39 bits per heavy atom. The second-order valence-electron chi connectivity index (χ2n) is 4.48. The fraction of sp³-hybridized carbons (Fsp3) is 0.538. The molecule has 5 heteroatoms. The summed E-state index contributed by atoms with van der Waals surface area (Å²) < 4.78 is 11.1. The van der Waals surface area contributed by atoms with E-state index in [1.165, 1.54) is 0 Å². The molecule has 2 N–H and O–H groups in total. The van der Waals surface area contributed by atoms with Gasteiger partial charge in [0.1, 0.15) is 5.75 Å². The van der Waals surface area contributed by atoms with Crippen molar-refractivity contribution in [1.29, 1.82) is 0 Å². The molecule has 100 valence electrons. The fourth-order valence-electron chi connectivity index (χ4n) is 1.95. The third-order valence-corrected chi connectivity index (χ3v) is 4.14. The van der Waals surface area contributed by atoms with Gasteiger partial charge in [-0.25, -0.2) is 0 Å². The van der Waals surface area contributed by atoms with E-state index in [-0.39, 0.29) is 6.10 Å². The van der Waals surface area contributed by atoms with E-state index < -0.39 is 0 Å². The van der Waals surface area contributed by atoms with Crippen LogP contribution in [0.25, 0.3) is 0 Å². The Bertz CT molecular complexity index is 401. The molecule has 4 nitrogen and oxygen atoms in total. The number of nitrogens with zero attached hydrogens (tertiary/aromatic N) is 1. The standard InChI is InChI=1S/C13H20N2O2S/c1-15-5-6-17-11(8-15)9-18-13-4-3-10(14)7-12(13)16-2/h3-4,7,11H,5-6,8-9,14H2,1-2H3. The van der Waals surface area contributed by atoms with Gasteiger partial charge in [-0.1, -0.05) is 0 Å². The zero-order chi connectivity index (χ0) is 13.0. The van der Waals surface area contributed by atoms with Crippen molar-refractivity contribution in [3.05, 3.63) is 18.2 Å². The molecule has 0 aliphatic carbocycles. The smallest absolute Gasteiger partial charge is 0.134 e. The van der Waals surface area contributed by atoms with Crippen LogP contribution < -0.4 is 10.5 Å². The van der Waals surface area contributed by atoms with E-state index in [1.807, 2.05) is 18.2 Å². The minimum atomic E-state index is 0.288. The number of rotatable bonds is 4. The average Bonchev–Trinajstić information content (AvgIpc) is 2.37. The summed E-state index contributed by atoms with van der Waals surface area (Å²) in [4.78, 5) is 3.41. The molecule has 0 radical (unpaired) electrons. The van der Waals surface area contributed by atoms with Crippen LogP contribution in [-0.4, -0.2) is 50.6 Å². The molecular weight excluding hydrogens is 248 g/mol. The van der Waals surface area contributed by atoms with E-state index in [9.17, 15) is 0 Å². The zero-order valence-corrected chi connectivity index (χ0v) is 11.7. The van der Waals surface area contributed by atoms with Gasteiger partial charge in [-0.15, -0.1) is 11.8 Å². The fourth-order valence-corrected chi connectivity index (χ4v) is 2.97. The first-order valence-electron chi connectivity index (χ1n) is 6.05. The van der Waals surface area contributed by atoms with Gasteiger partial charge in [0, 0.05) is 35.5 Å². The first-order valence-corrected chi connectivity index (χ1v) is 7.04. The topological polar surface area (TPSA) is 47.7 Å². The number of morpholine rings is 1. The van der Waals surface area contributed by atoms with Crippen molar-refractivity contribution >= 4 is 17.4 Å². The van der Waals surface area contributed by atoms with Crippen LogP contribution in [0.4, 0.5) is 5.69 Å². The minimum Gasteiger partial charge on any atom is -0.496 e. The first kappa shape index (κ1) is 13.5. The molecule has 1 fully saturated rings. The highest BCUT2D eigenvalue weighted by atomic mass is 32.2. The Hall–Kier alpha value is -0.910. The highest BCUT2D eigenvalue weighted by Gasteiger charge is 2.18. The van der Waals surface area contributed by atoms with Crippen LogP contribution >= 0.6 is 11.8 Å². The number of nitrogens with two attached hydrogens (primary N) is 1. The number of ether oxygens (including phenoxy) is 2. The highest BCUT2D eigenvalue weighted by molar-refractivity contribution is 7.99. The van der Waals surface area contributed by atoms with E-state index in [2.05, 4.69) is 11.9 Å². The van der Waals surface area contributed by atoms with Crippen molar-refractivity contribution in [2.75, 3.05) is 45.3 Å². The van der Waals surface area contributed by atoms with Crippen LogP contribution in [0.2, 0.25) is 0 Å². The van der Waals surface area contributed by atoms with Gasteiger partial charge in [-0.2, -0.15) is 0 Å². The van der Waals surface area contributed by atoms with E-state index in [0.29, 0.717) is 0 Å². The molecule has 0 bridgehead atoms. The molecule has 1 heterocycles. The summed E-state index contributed by atoms with van der Waals surface area (Å²) in [6, 6.07) is 5.76. The normalized spacial score (nSPS) is 20.9. The number of hydrogen-bond donors (Lipinski definition) is 1. The number of hydrogen-bond acceptors (Lipinski definition) is 5. The van der Waals surface area contributed by atoms with Gasteiger partial charge in [0.15, 0.2) is 0 Å². The van der Waals surface area contributed by atoms with Crippen LogP contribution in [0.1, 0.15) is 0 Å². The van der Waals surface area contributed by atoms with E-state index in [1.54, 1.807) is 18.9 Å². The molecule has 18 heavy (non-hydrogen) atoms. The molecule has 0 saturated carbocycles. The molecule has 0 aromatic heterocycles. The number of methoxy groups -OCH3 is 1. The Balaban J connectivity index is 1.93. The molecule has 1 aromatic carbocycles. The van der Waals surface area contributed by atoms with Crippen LogP contribution in [0.15, 0.2) is 23.1 Å². The lowest BCUT2D eigenvalue weighted by atomic mass is 10.3. The molecule has 0 spiro atoms. The summed E-state index contributed by atoms with van der Waals surface area (Å²) in [5.74, 6) is 1.77. The van der Waals surface area contributed by atoms with Crippen molar-refractivity contribution in [1.82, 2.24) is 4.90 Å². The predicted octanol–water partition coefficient (Wildman–Crippen LogP) is 1.70. The Morgan fingerprint density at radius 1 is 1.56 bits per heavy atom. The molecule has 0 amide bonds. The van der Waals surface area contributed by atoms with Crippen LogP contribution in [0.3, 0.4) is 0 Å². The predicted molar refractivity (Wildman–Crippen MR) is 75.4 cm³/mol. The van der Waals surface area contributed by atoms with Gasteiger partial charge in [-0.3, -0.25) is 0 Å². The van der Waals surface area contributed by atoms with Crippen molar-refractivity contribution < 1.29 is 9.47 Å². The van der Waals surface area contributed by atoms with Crippen molar-refractivity contribution in [2.45, 2.75) is 11.0 Å². The molecule has 1 aliphatic heterocycles. The van der Waals surface area contributed by atoms with Crippen molar-refractivity contribution in [3.63, 3.8) is 0 Å². The van der Waals surface area contributed by atoms with Gasteiger partial charge < -0.3 is 20.1 Å². The third kappa shape index (κ3) is 3.54. The van der Waals surface area contributed by atoms with E-state index in [4.69, 9.17) is 15.2 Å². The monoisotopic (exact) mass is 268 g/mol. The third-order valence-electron chi connectivity index (χ3n) is 2.95. The summed E-state index contributed by atoms with van der Waals surface area (Å²) in [6.07, 6.45) is 0.288. The molecule has 2 rings (SSSR count). The largest absolute Gasteiger partial charge is 0.496 e. The first-order chi connectivity index (χ1) is 8.69. The van der Waals surface area contributed by atoms with Crippen LogP contribution in [0.5, 0.6) is 5.75 Å². The average molecular weight is 268 g/mol. The number of benzene rings is 1. The Kier molecular flexibility index (Phi) is 4.74. The SMILES string of the molecule is COc1cc(N)ccc1SCC1CN(C)CCO1. The maximum absolute atomic E-state index is 5.74. The summed E-state index contributed by atoms with van der Waals surface area (Å²) in [7, 11) is 3.80. The quantitative estimate of drug-likeness (QED) is 0.665. The van der Waals surface area contributed by atoms with E-state index in [0.717, 1.165) is 41.8 Å². The summed E-state index contributed by atoms with van der Waals surface area (Å²) in [5.41, 5.74) is 6.47. The van der Waals surface area contributed by atoms with Gasteiger partial charge in [-0.05, 0) is 19.2 Å². The summed E-state index contributed by atoms with van der Waals surface area (Å²) >= 11 is 1.76. The second kappa shape index (κ2) is 6.31. The molecule has 1 aliphatic rings. The van der Waals surface area contributed by atoms with Gasteiger partial charge >= 0.3 is 0 Å². The summed E-state index contributed by atoms with van der Waals surface area (Å²) in [6.45, 7) is 2.83. The molecule has 1 aromatic rings. The number of likely N-dealkylation sites (N-methyl/N-ethyl adjacent to an activating group) is 1. The number of thioether (sulfide) groups is 1. The maximum Gasteiger partial charge on any atom is 0.134 e. The lowest BCUT2D eigenvalue weighted by molar-refractivity contribution is -0.00598. The maximum atomic E-state index is 5.74. The lowest BCUT2D eigenvalue weighted by Gasteiger charge is -2.29. The van der Waals surface area contributed by atoms with E-state index >= 15 is 0 Å². The summed E-state index contributed by atoms with van der Waals surface area (Å²) in [5, 5.41) is 0. The number of nitrogen functional groups attached to an aromatic ring is 1. The second-order valence-corrected chi connectivity index (χ2v) is 5.54. The Labute approximate surface area is 112 Å². The van der Waals surface area contributed by atoms with Gasteiger partial charge in [0.2, 0.25) is 0 Å². The lowest BCUT2D eigenvalue weighted by Crippen LogP contribution is -2.41. The zero-order valence-electron chi connectivity index (χ0n) is 10.9. The van der Waals surface area contributed by atoms with Crippen LogP contribution in [-0.2, 0) is 4.74 Å². The van der Waals surface area contributed by atoms with Gasteiger partial charge in [0.25, 0.3) is 0 Å². The van der Waals surface area contributed by atoms with Gasteiger partial charge in [0.05, 0.1) is 19.8 Å².